The molecule has 0 fully saturated rings. The number of nitrogens with zero attached hydrogens (tertiary/aromatic N) is 1. The average Bonchev–Trinajstić information content (AvgIpc) is 2.71. The number of halogens is 2. The maximum absolute atomic E-state index is 13.6. The maximum Gasteiger partial charge on any atom is 0.274 e. The van der Waals surface area contributed by atoms with Gasteiger partial charge >= 0.3 is 0 Å². The van der Waals surface area contributed by atoms with Gasteiger partial charge in [-0.15, -0.1) is 0 Å². The van der Waals surface area contributed by atoms with Gasteiger partial charge in [0.15, 0.2) is 0 Å². The van der Waals surface area contributed by atoms with Crippen LogP contribution in [-0.2, 0) is 6.42 Å². The SMILES string of the molecule is O=C(NCCc1ccccc1F)c1ccnc(C(=O)Nc2ccc(F)cc2)c1. The van der Waals surface area contributed by atoms with Gasteiger partial charge < -0.3 is 10.6 Å². The summed E-state index contributed by atoms with van der Waals surface area (Å²) in [7, 11) is 0. The van der Waals surface area contributed by atoms with Crippen LogP contribution < -0.4 is 10.6 Å². The molecule has 0 saturated heterocycles. The van der Waals surface area contributed by atoms with E-state index in [-0.39, 0.29) is 23.6 Å². The molecule has 0 radical (unpaired) electrons. The normalized spacial score (nSPS) is 10.4. The van der Waals surface area contributed by atoms with E-state index < -0.39 is 17.6 Å². The molecule has 0 bridgehead atoms. The van der Waals surface area contributed by atoms with Gasteiger partial charge in [-0.3, -0.25) is 14.6 Å². The van der Waals surface area contributed by atoms with Gasteiger partial charge in [0.25, 0.3) is 11.8 Å². The summed E-state index contributed by atoms with van der Waals surface area (Å²) in [5.41, 5.74) is 1.23. The molecule has 0 spiro atoms. The number of carbonyl (C=O) groups excluding carboxylic acids is 2. The highest BCUT2D eigenvalue weighted by Crippen LogP contribution is 2.11. The molecule has 28 heavy (non-hydrogen) atoms. The van der Waals surface area contributed by atoms with Gasteiger partial charge in [0, 0.05) is 24.0 Å². The third kappa shape index (κ3) is 4.97. The second-order valence-electron chi connectivity index (χ2n) is 5.99. The fourth-order valence-corrected chi connectivity index (χ4v) is 2.54. The van der Waals surface area contributed by atoms with E-state index in [0.717, 1.165) is 0 Å². The van der Waals surface area contributed by atoms with Crippen molar-refractivity contribution >= 4 is 17.5 Å². The summed E-state index contributed by atoms with van der Waals surface area (Å²) in [6.07, 6.45) is 1.70. The van der Waals surface area contributed by atoms with Crippen LogP contribution in [0.3, 0.4) is 0 Å². The van der Waals surface area contributed by atoms with Gasteiger partial charge in [-0.1, -0.05) is 18.2 Å². The molecule has 0 saturated carbocycles. The molecule has 0 aliphatic rings. The van der Waals surface area contributed by atoms with Crippen LogP contribution in [-0.4, -0.2) is 23.3 Å². The zero-order valence-electron chi connectivity index (χ0n) is 14.8. The van der Waals surface area contributed by atoms with Crippen molar-refractivity contribution in [1.29, 1.82) is 0 Å². The highest BCUT2D eigenvalue weighted by Gasteiger charge is 2.12. The summed E-state index contributed by atoms with van der Waals surface area (Å²) >= 11 is 0. The van der Waals surface area contributed by atoms with Crippen molar-refractivity contribution in [3.05, 3.63) is 95.3 Å². The minimum absolute atomic E-state index is 0.0473. The Bertz CT molecular complexity index is 991. The topological polar surface area (TPSA) is 71.1 Å². The van der Waals surface area contributed by atoms with E-state index in [1.54, 1.807) is 18.2 Å². The third-order valence-corrected chi connectivity index (χ3v) is 3.99. The Morgan fingerprint density at radius 2 is 1.68 bits per heavy atom. The van der Waals surface area contributed by atoms with E-state index in [0.29, 0.717) is 17.7 Å². The Balaban J connectivity index is 1.60. The Morgan fingerprint density at radius 3 is 2.43 bits per heavy atom. The third-order valence-electron chi connectivity index (χ3n) is 3.99. The molecule has 0 unspecified atom stereocenters. The minimum atomic E-state index is -0.521. The van der Waals surface area contributed by atoms with Gasteiger partial charge in [-0.2, -0.15) is 0 Å². The van der Waals surface area contributed by atoms with Crippen LogP contribution in [0.15, 0.2) is 66.9 Å². The summed E-state index contributed by atoms with van der Waals surface area (Å²) in [5.74, 6) is -1.65. The van der Waals surface area contributed by atoms with Crippen molar-refractivity contribution in [1.82, 2.24) is 10.3 Å². The lowest BCUT2D eigenvalue weighted by atomic mass is 10.1. The van der Waals surface area contributed by atoms with Crippen LogP contribution in [0.5, 0.6) is 0 Å². The first kappa shape index (κ1) is 19.2. The van der Waals surface area contributed by atoms with Crippen LogP contribution in [0.25, 0.3) is 0 Å². The highest BCUT2D eigenvalue weighted by molar-refractivity contribution is 6.04. The standard InChI is InChI=1S/C21H17F2N3O2/c22-16-5-7-17(8-6-16)26-21(28)19-13-15(10-11-24-19)20(27)25-12-9-14-3-1-2-4-18(14)23/h1-8,10-11,13H,9,12H2,(H,25,27)(H,26,28). The van der Waals surface area contributed by atoms with Crippen molar-refractivity contribution in [2.75, 3.05) is 11.9 Å². The van der Waals surface area contributed by atoms with Gasteiger partial charge in [0.2, 0.25) is 0 Å². The zero-order chi connectivity index (χ0) is 19.9. The number of nitrogens with one attached hydrogen (secondary N) is 2. The van der Waals surface area contributed by atoms with E-state index in [4.69, 9.17) is 0 Å². The van der Waals surface area contributed by atoms with E-state index in [2.05, 4.69) is 15.6 Å². The summed E-state index contributed by atoms with van der Waals surface area (Å²) < 4.78 is 26.5. The number of aromatic nitrogens is 1. The van der Waals surface area contributed by atoms with Gasteiger partial charge in [0.1, 0.15) is 17.3 Å². The number of hydrogen-bond donors (Lipinski definition) is 2. The molecular formula is C21H17F2N3O2. The zero-order valence-corrected chi connectivity index (χ0v) is 14.8. The largest absolute Gasteiger partial charge is 0.352 e. The van der Waals surface area contributed by atoms with Crippen LogP contribution in [0.1, 0.15) is 26.4 Å². The number of benzene rings is 2. The Hall–Kier alpha value is -3.61. The average molecular weight is 381 g/mol. The number of anilines is 1. The lowest BCUT2D eigenvalue weighted by Crippen LogP contribution is -2.26. The minimum Gasteiger partial charge on any atom is -0.352 e. The molecule has 142 valence electrons. The molecule has 2 amide bonds. The predicted octanol–water partition coefficient (Wildman–Crippen LogP) is 3.58. The van der Waals surface area contributed by atoms with Crippen molar-refractivity contribution in [3.8, 4) is 0 Å². The summed E-state index contributed by atoms with van der Waals surface area (Å²) in [6, 6.07) is 14.5. The van der Waals surface area contributed by atoms with E-state index in [1.807, 2.05) is 0 Å². The molecule has 3 rings (SSSR count). The molecule has 3 aromatic rings. The smallest absolute Gasteiger partial charge is 0.274 e. The number of rotatable bonds is 6. The fraction of sp³-hybridized carbons (Fsp3) is 0.0952. The fourth-order valence-electron chi connectivity index (χ4n) is 2.54. The number of amides is 2. The molecule has 2 aromatic carbocycles. The summed E-state index contributed by atoms with van der Waals surface area (Å²) in [6.45, 7) is 0.249. The van der Waals surface area contributed by atoms with Gasteiger partial charge in [-0.05, 0) is 54.4 Å². The van der Waals surface area contributed by atoms with Gasteiger partial charge in [-0.25, -0.2) is 8.78 Å². The lowest BCUT2D eigenvalue weighted by molar-refractivity contribution is 0.0954. The summed E-state index contributed by atoms with van der Waals surface area (Å²) in [5, 5.41) is 5.27. The van der Waals surface area contributed by atoms with E-state index in [1.165, 1.54) is 48.7 Å². The molecule has 7 heteroatoms. The van der Waals surface area contributed by atoms with Crippen LogP contribution >= 0.6 is 0 Å². The van der Waals surface area contributed by atoms with Crippen LogP contribution in [0, 0.1) is 11.6 Å². The molecule has 1 heterocycles. The van der Waals surface area contributed by atoms with Crippen molar-refractivity contribution in [2.45, 2.75) is 6.42 Å². The quantitative estimate of drug-likeness (QED) is 0.686. The molecule has 2 N–H and O–H groups in total. The second-order valence-corrected chi connectivity index (χ2v) is 5.99. The molecule has 0 aliphatic carbocycles. The van der Waals surface area contributed by atoms with E-state index >= 15 is 0 Å². The first-order valence-electron chi connectivity index (χ1n) is 8.57. The predicted molar refractivity (Wildman–Crippen MR) is 101 cm³/mol. The van der Waals surface area contributed by atoms with Crippen LogP contribution in [0.4, 0.5) is 14.5 Å². The first-order valence-corrected chi connectivity index (χ1v) is 8.57. The highest BCUT2D eigenvalue weighted by atomic mass is 19.1. The molecule has 1 aromatic heterocycles. The first-order chi connectivity index (χ1) is 13.5. The van der Waals surface area contributed by atoms with Crippen molar-refractivity contribution < 1.29 is 18.4 Å². The van der Waals surface area contributed by atoms with E-state index in [9.17, 15) is 18.4 Å². The number of pyridine rings is 1. The molecule has 5 nitrogen and oxygen atoms in total. The monoisotopic (exact) mass is 381 g/mol. The van der Waals surface area contributed by atoms with Gasteiger partial charge in [0.05, 0.1) is 0 Å². The van der Waals surface area contributed by atoms with Crippen LogP contribution in [0.2, 0.25) is 0 Å². The van der Waals surface area contributed by atoms with Crippen molar-refractivity contribution in [3.63, 3.8) is 0 Å². The molecule has 0 aliphatic heterocycles. The Labute approximate surface area is 160 Å². The molecular weight excluding hydrogens is 364 g/mol. The number of hydrogen-bond acceptors (Lipinski definition) is 3. The maximum atomic E-state index is 13.6. The van der Waals surface area contributed by atoms with Crippen molar-refractivity contribution in [2.24, 2.45) is 0 Å². The summed E-state index contributed by atoms with van der Waals surface area (Å²) in [4.78, 5) is 28.5. The number of carbonyl (C=O) groups is 2. The Kier molecular flexibility index (Phi) is 6.06. The second kappa shape index (κ2) is 8.85. The molecule has 0 atom stereocenters. The lowest BCUT2D eigenvalue weighted by Gasteiger charge is -2.08. The Morgan fingerprint density at radius 1 is 0.929 bits per heavy atom.